The Kier molecular flexibility index (Phi) is 3.92. The number of phenols is 2. The summed E-state index contributed by atoms with van der Waals surface area (Å²) in [5.74, 6) is -1.22. The van der Waals surface area contributed by atoms with E-state index >= 15 is 0 Å². The van der Waals surface area contributed by atoms with E-state index in [0.717, 1.165) is 0 Å². The molecule has 0 radical (unpaired) electrons. The molecule has 0 aliphatic rings. The second-order valence-corrected chi connectivity index (χ2v) is 3.60. The van der Waals surface area contributed by atoms with Gasteiger partial charge in [-0.15, -0.1) is 0 Å². The quantitative estimate of drug-likeness (QED) is 0.525. The highest BCUT2D eigenvalue weighted by atomic mass is 16.3. The van der Waals surface area contributed by atoms with Crippen molar-refractivity contribution in [2.24, 2.45) is 5.73 Å². The standard InChI is InChI=1S/C11H14N2O4/c1-13-11(17)5-7-3-8(14)6(2-9(7)15)4-10(12)16/h2-3,14-15H,4-5H2,1H3,(H2,12,16)(H,13,17). The highest BCUT2D eigenvalue weighted by Crippen LogP contribution is 2.27. The van der Waals surface area contributed by atoms with Crippen molar-refractivity contribution in [3.63, 3.8) is 0 Å². The molecule has 0 aliphatic heterocycles. The van der Waals surface area contributed by atoms with Crippen LogP contribution in [-0.4, -0.2) is 29.1 Å². The van der Waals surface area contributed by atoms with Gasteiger partial charge in [0.2, 0.25) is 11.8 Å². The number of amides is 2. The van der Waals surface area contributed by atoms with Crippen molar-refractivity contribution in [1.82, 2.24) is 5.32 Å². The minimum absolute atomic E-state index is 0.0489. The Bertz CT molecular complexity index is 457. The first-order valence-corrected chi connectivity index (χ1v) is 4.96. The lowest BCUT2D eigenvalue weighted by molar-refractivity contribution is -0.120. The molecule has 2 amide bonds. The van der Waals surface area contributed by atoms with E-state index in [2.05, 4.69) is 5.32 Å². The Hall–Kier alpha value is -2.24. The van der Waals surface area contributed by atoms with Gasteiger partial charge in [0.05, 0.1) is 12.8 Å². The number of carbonyl (C=O) groups is 2. The number of nitrogens with one attached hydrogen (secondary N) is 1. The van der Waals surface area contributed by atoms with E-state index in [9.17, 15) is 19.8 Å². The number of hydrogen-bond acceptors (Lipinski definition) is 4. The lowest BCUT2D eigenvalue weighted by atomic mass is 10.0. The summed E-state index contributed by atoms with van der Waals surface area (Å²) in [5.41, 5.74) is 5.51. The van der Waals surface area contributed by atoms with Gasteiger partial charge in [-0.3, -0.25) is 9.59 Å². The van der Waals surface area contributed by atoms with Crippen LogP contribution in [0.1, 0.15) is 11.1 Å². The molecule has 17 heavy (non-hydrogen) atoms. The first-order valence-electron chi connectivity index (χ1n) is 4.96. The molecule has 92 valence electrons. The summed E-state index contributed by atoms with van der Waals surface area (Å²) in [6.45, 7) is 0. The van der Waals surface area contributed by atoms with Crippen LogP contribution in [0.25, 0.3) is 0 Å². The van der Waals surface area contributed by atoms with E-state index in [4.69, 9.17) is 5.73 Å². The zero-order chi connectivity index (χ0) is 13.0. The minimum Gasteiger partial charge on any atom is -0.508 e. The number of benzene rings is 1. The molecule has 5 N–H and O–H groups in total. The molecule has 0 bridgehead atoms. The van der Waals surface area contributed by atoms with Crippen molar-refractivity contribution in [3.05, 3.63) is 23.3 Å². The average Bonchev–Trinajstić information content (AvgIpc) is 2.24. The van der Waals surface area contributed by atoms with E-state index in [1.165, 1.54) is 19.2 Å². The third kappa shape index (κ3) is 3.37. The number of carbonyl (C=O) groups excluding carboxylic acids is 2. The summed E-state index contributed by atoms with van der Waals surface area (Å²) in [6.07, 6.45) is -0.216. The van der Waals surface area contributed by atoms with Gasteiger partial charge in [0, 0.05) is 18.2 Å². The molecule has 1 rings (SSSR count). The Morgan fingerprint density at radius 1 is 1.18 bits per heavy atom. The number of nitrogens with two attached hydrogens (primary N) is 1. The second-order valence-electron chi connectivity index (χ2n) is 3.60. The number of primary amides is 1. The van der Waals surface area contributed by atoms with Gasteiger partial charge in [-0.05, 0) is 12.1 Å². The Balaban J connectivity index is 3.00. The van der Waals surface area contributed by atoms with Crippen molar-refractivity contribution >= 4 is 11.8 Å². The van der Waals surface area contributed by atoms with Crippen LogP contribution < -0.4 is 11.1 Å². The van der Waals surface area contributed by atoms with E-state index in [0.29, 0.717) is 0 Å². The molecule has 0 aliphatic carbocycles. The molecular weight excluding hydrogens is 224 g/mol. The molecule has 1 aromatic carbocycles. The van der Waals surface area contributed by atoms with Gasteiger partial charge in [-0.1, -0.05) is 0 Å². The average molecular weight is 238 g/mol. The first-order chi connectivity index (χ1) is 7.93. The van der Waals surface area contributed by atoms with E-state index in [1.54, 1.807) is 0 Å². The van der Waals surface area contributed by atoms with Gasteiger partial charge in [0.1, 0.15) is 11.5 Å². The summed E-state index contributed by atoms with van der Waals surface area (Å²) in [6, 6.07) is 2.49. The maximum absolute atomic E-state index is 11.1. The van der Waals surface area contributed by atoms with Crippen molar-refractivity contribution in [2.45, 2.75) is 12.8 Å². The maximum Gasteiger partial charge on any atom is 0.224 e. The Labute approximate surface area is 98.1 Å². The summed E-state index contributed by atoms with van der Waals surface area (Å²) < 4.78 is 0. The zero-order valence-corrected chi connectivity index (χ0v) is 9.36. The second kappa shape index (κ2) is 5.20. The SMILES string of the molecule is CNC(=O)Cc1cc(O)c(CC(N)=O)cc1O. The third-order valence-corrected chi connectivity index (χ3v) is 2.27. The van der Waals surface area contributed by atoms with Crippen LogP contribution in [0.3, 0.4) is 0 Å². The van der Waals surface area contributed by atoms with Crippen LogP contribution in [0.15, 0.2) is 12.1 Å². The molecule has 0 saturated heterocycles. The number of likely N-dealkylation sites (N-methyl/N-ethyl adjacent to an activating group) is 1. The summed E-state index contributed by atoms with van der Waals surface area (Å²) in [4.78, 5) is 21.8. The highest BCUT2D eigenvalue weighted by Gasteiger charge is 2.12. The van der Waals surface area contributed by atoms with E-state index in [-0.39, 0.29) is 41.4 Å². The van der Waals surface area contributed by atoms with Gasteiger partial charge in [-0.25, -0.2) is 0 Å². The predicted molar refractivity (Wildman–Crippen MR) is 60.4 cm³/mol. The van der Waals surface area contributed by atoms with Crippen LogP contribution in [-0.2, 0) is 22.4 Å². The smallest absolute Gasteiger partial charge is 0.224 e. The molecule has 0 unspecified atom stereocenters. The third-order valence-electron chi connectivity index (χ3n) is 2.27. The molecule has 0 saturated carbocycles. The minimum atomic E-state index is -0.612. The van der Waals surface area contributed by atoms with Gasteiger partial charge in [-0.2, -0.15) is 0 Å². The normalized spacial score (nSPS) is 9.94. The summed E-state index contributed by atoms with van der Waals surface area (Å²) in [7, 11) is 1.47. The largest absolute Gasteiger partial charge is 0.508 e. The van der Waals surface area contributed by atoms with Gasteiger partial charge in [0.15, 0.2) is 0 Å². The Morgan fingerprint density at radius 3 is 2.06 bits per heavy atom. The Morgan fingerprint density at radius 2 is 1.65 bits per heavy atom. The molecule has 6 heteroatoms. The predicted octanol–water partition coefficient (Wildman–Crippen LogP) is -0.586. The van der Waals surface area contributed by atoms with Crippen molar-refractivity contribution in [2.75, 3.05) is 7.05 Å². The molecular formula is C11H14N2O4. The summed E-state index contributed by atoms with van der Waals surface area (Å²) >= 11 is 0. The molecule has 0 heterocycles. The topological polar surface area (TPSA) is 113 Å². The van der Waals surface area contributed by atoms with Crippen molar-refractivity contribution in [3.8, 4) is 11.5 Å². The number of aromatic hydroxyl groups is 2. The number of rotatable bonds is 4. The fourth-order valence-electron chi connectivity index (χ4n) is 1.40. The number of phenolic OH excluding ortho intramolecular Hbond substituents is 2. The van der Waals surface area contributed by atoms with E-state index in [1.807, 2.05) is 0 Å². The van der Waals surface area contributed by atoms with E-state index < -0.39 is 5.91 Å². The lowest BCUT2D eigenvalue weighted by Gasteiger charge is -2.08. The maximum atomic E-state index is 11.1. The number of hydrogen-bond donors (Lipinski definition) is 4. The lowest BCUT2D eigenvalue weighted by Crippen LogP contribution is -2.20. The van der Waals surface area contributed by atoms with Crippen LogP contribution in [0.2, 0.25) is 0 Å². The monoisotopic (exact) mass is 238 g/mol. The summed E-state index contributed by atoms with van der Waals surface area (Å²) in [5, 5.41) is 21.6. The van der Waals surface area contributed by atoms with Gasteiger partial charge < -0.3 is 21.3 Å². The van der Waals surface area contributed by atoms with Crippen LogP contribution in [0.5, 0.6) is 11.5 Å². The van der Waals surface area contributed by atoms with Crippen LogP contribution in [0, 0.1) is 0 Å². The van der Waals surface area contributed by atoms with Crippen molar-refractivity contribution in [1.29, 1.82) is 0 Å². The van der Waals surface area contributed by atoms with Crippen molar-refractivity contribution < 1.29 is 19.8 Å². The van der Waals surface area contributed by atoms with Gasteiger partial charge >= 0.3 is 0 Å². The molecule has 6 nitrogen and oxygen atoms in total. The van der Waals surface area contributed by atoms with Gasteiger partial charge in [0.25, 0.3) is 0 Å². The highest BCUT2D eigenvalue weighted by molar-refractivity contribution is 5.80. The fraction of sp³-hybridized carbons (Fsp3) is 0.273. The molecule has 0 fully saturated rings. The van der Waals surface area contributed by atoms with Crippen LogP contribution >= 0.6 is 0 Å². The fourth-order valence-corrected chi connectivity index (χ4v) is 1.40. The molecule has 0 aromatic heterocycles. The zero-order valence-electron chi connectivity index (χ0n) is 9.36. The molecule has 0 spiro atoms. The molecule has 1 aromatic rings. The first kappa shape index (κ1) is 12.8. The molecule has 0 atom stereocenters. The van der Waals surface area contributed by atoms with Crippen LogP contribution in [0.4, 0.5) is 0 Å².